The Morgan fingerprint density at radius 1 is 1.12 bits per heavy atom. The van der Waals surface area contributed by atoms with E-state index in [1.54, 1.807) is 14.2 Å². The van der Waals surface area contributed by atoms with Crippen molar-refractivity contribution < 1.29 is 32.6 Å². The number of hydrogen-bond acceptors (Lipinski definition) is 7. The van der Waals surface area contributed by atoms with Gasteiger partial charge in [-0.3, -0.25) is 4.79 Å². The van der Waals surface area contributed by atoms with Crippen LogP contribution in [0.3, 0.4) is 0 Å². The van der Waals surface area contributed by atoms with E-state index in [4.69, 9.17) is 27.8 Å². The number of esters is 1. The summed E-state index contributed by atoms with van der Waals surface area (Å²) in [6, 6.07) is 0. The number of fused-ring (bicyclic) bond motifs is 1. The van der Waals surface area contributed by atoms with Crippen LogP contribution >= 0.6 is 0 Å². The van der Waals surface area contributed by atoms with Crippen molar-refractivity contribution in [2.45, 2.75) is 121 Å². The Hall–Kier alpha value is -0.773. The Balaban J connectivity index is 2.25. The lowest BCUT2D eigenvalue weighted by atomic mass is 9.84. The summed E-state index contributed by atoms with van der Waals surface area (Å²) >= 11 is 0. The first-order chi connectivity index (χ1) is 15.1. The van der Waals surface area contributed by atoms with Crippen molar-refractivity contribution in [3.8, 4) is 0 Å². The number of rotatable bonds is 8. The second-order valence-electron chi connectivity index (χ2n) is 11.8. The average molecular weight is 487 g/mol. The van der Waals surface area contributed by atoms with Crippen molar-refractivity contribution >= 4 is 14.5 Å². The maximum Gasteiger partial charge on any atom is 0.349 e. The summed E-state index contributed by atoms with van der Waals surface area (Å²) in [5, 5.41) is -0.258. The largest absolute Gasteiger partial charge is 0.459 e. The first-order valence-corrected chi connectivity index (χ1v) is 13.8. The van der Waals surface area contributed by atoms with E-state index >= 15 is 0 Å². The van der Waals surface area contributed by atoms with Gasteiger partial charge in [0.2, 0.25) is 0 Å². The molecular formula is C25H46O7Si. The SMILES string of the molecule is C=C(C)C[C@@]1(C)O[C@H]2CO[Si](C(C)(C)C)(C(C)(C)C)O[C@@H]2C[C@@H]1OC(=O)CCC(OC)OC. The normalized spacial score (nSPS) is 30.1. The molecule has 0 saturated carbocycles. The predicted molar refractivity (Wildman–Crippen MR) is 130 cm³/mol. The van der Waals surface area contributed by atoms with Gasteiger partial charge in [-0.05, 0) is 13.8 Å². The maximum absolute atomic E-state index is 12.8. The van der Waals surface area contributed by atoms with Crippen molar-refractivity contribution in [1.82, 2.24) is 0 Å². The Labute approximate surface area is 201 Å². The summed E-state index contributed by atoms with van der Waals surface area (Å²) < 4.78 is 36.5. The van der Waals surface area contributed by atoms with E-state index in [1.807, 2.05) is 13.8 Å². The van der Waals surface area contributed by atoms with E-state index in [9.17, 15) is 4.79 Å². The summed E-state index contributed by atoms with van der Waals surface area (Å²) in [5.41, 5.74) is 0.282. The Kier molecular flexibility index (Phi) is 9.02. The third kappa shape index (κ3) is 6.27. The lowest BCUT2D eigenvalue weighted by Crippen LogP contribution is -2.69. The molecule has 0 aromatic carbocycles. The van der Waals surface area contributed by atoms with Crippen LogP contribution < -0.4 is 0 Å². The minimum Gasteiger partial charge on any atom is -0.459 e. The standard InChI is InChI=1S/C25H46O7Si/c1-17(2)15-25(9)20(30-21(26)12-13-22(27-10)28-11)14-18-19(31-25)16-29-33(32-18,23(3,4)5)24(6,7)8/h18-20,22H,1,12-16H2,2-11H3/t18-,19+,20+,25-/m1/s1. The van der Waals surface area contributed by atoms with Crippen LogP contribution in [0.1, 0.15) is 81.1 Å². The number of methoxy groups -OCH3 is 2. The molecule has 0 aromatic rings. The van der Waals surface area contributed by atoms with Gasteiger partial charge in [-0.1, -0.05) is 47.1 Å². The quantitative estimate of drug-likeness (QED) is 0.200. The van der Waals surface area contributed by atoms with Crippen LogP contribution in [0.5, 0.6) is 0 Å². The summed E-state index contributed by atoms with van der Waals surface area (Å²) in [6.45, 7) is 21.7. The summed E-state index contributed by atoms with van der Waals surface area (Å²) in [4.78, 5) is 12.8. The van der Waals surface area contributed by atoms with E-state index in [0.29, 0.717) is 25.9 Å². The second-order valence-corrected chi connectivity index (χ2v) is 16.6. The zero-order chi connectivity index (χ0) is 25.2. The molecule has 0 amide bonds. The van der Waals surface area contributed by atoms with Gasteiger partial charge in [0.25, 0.3) is 0 Å². The number of carbonyl (C=O) groups excluding carboxylic acids is 1. The molecule has 4 atom stereocenters. The van der Waals surface area contributed by atoms with Crippen LogP contribution in [0.2, 0.25) is 10.1 Å². The molecule has 2 aliphatic rings. The molecule has 33 heavy (non-hydrogen) atoms. The molecule has 2 fully saturated rings. The Morgan fingerprint density at radius 3 is 2.18 bits per heavy atom. The average Bonchev–Trinajstić information content (AvgIpc) is 2.66. The highest BCUT2D eigenvalue weighted by Gasteiger charge is 2.64. The fourth-order valence-corrected chi connectivity index (χ4v) is 10.4. The summed E-state index contributed by atoms with van der Waals surface area (Å²) in [6.07, 6.45) is 0.512. The van der Waals surface area contributed by atoms with Crippen molar-refractivity contribution in [1.29, 1.82) is 0 Å². The maximum atomic E-state index is 12.8. The molecule has 0 bridgehead atoms. The number of hydrogen-bond donors (Lipinski definition) is 0. The first-order valence-electron chi connectivity index (χ1n) is 12.0. The van der Waals surface area contributed by atoms with E-state index in [0.717, 1.165) is 5.57 Å². The van der Waals surface area contributed by atoms with Gasteiger partial charge < -0.3 is 27.8 Å². The molecule has 2 saturated heterocycles. The highest BCUT2D eigenvalue weighted by molar-refractivity contribution is 6.73. The van der Waals surface area contributed by atoms with Gasteiger partial charge in [0, 0.05) is 43.6 Å². The molecule has 2 heterocycles. The highest BCUT2D eigenvalue weighted by Crippen LogP contribution is 2.55. The van der Waals surface area contributed by atoms with Crippen molar-refractivity contribution in [3.05, 3.63) is 12.2 Å². The van der Waals surface area contributed by atoms with Gasteiger partial charge in [0.05, 0.1) is 19.1 Å². The van der Waals surface area contributed by atoms with Gasteiger partial charge in [-0.15, -0.1) is 6.58 Å². The third-order valence-corrected chi connectivity index (χ3v) is 11.9. The summed E-state index contributed by atoms with van der Waals surface area (Å²) in [7, 11) is 0.461. The van der Waals surface area contributed by atoms with Gasteiger partial charge in [0.1, 0.15) is 17.8 Å². The monoisotopic (exact) mass is 486 g/mol. The van der Waals surface area contributed by atoms with Crippen LogP contribution in [0.4, 0.5) is 0 Å². The van der Waals surface area contributed by atoms with E-state index < -0.39 is 26.6 Å². The molecule has 2 rings (SSSR count). The molecule has 7 nitrogen and oxygen atoms in total. The lowest BCUT2D eigenvalue weighted by molar-refractivity contribution is -0.247. The highest BCUT2D eigenvalue weighted by atomic mass is 28.4. The zero-order valence-corrected chi connectivity index (χ0v) is 23.4. The smallest absolute Gasteiger partial charge is 0.349 e. The number of carbonyl (C=O) groups is 1. The van der Waals surface area contributed by atoms with Crippen LogP contribution in [0.15, 0.2) is 12.2 Å². The molecule has 0 aromatic heterocycles. The minimum atomic E-state index is -2.65. The molecular weight excluding hydrogens is 440 g/mol. The molecule has 8 heteroatoms. The van der Waals surface area contributed by atoms with Crippen LogP contribution in [-0.2, 0) is 32.6 Å². The van der Waals surface area contributed by atoms with Crippen molar-refractivity contribution in [3.63, 3.8) is 0 Å². The lowest BCUT2D eigenvalue weighted by Gasteiger charge is -2.58. The van der Waals surface area contributed by atoms with E-state index in [1.165, 1.54) is 0 Å². The van der Waals surface area contributed by atoms with Crippen LogP contribution in [-0.4, -0.2) is 65.6 Å². The molecule has 0 radical (unpaired) electrons. The zero-order valence-electron chi connectivity index (χ0n) is 22.4. The van der Waals surface area contributed by atoms with Gasteiger partial charge >= 0.3 is 14.5 Å². The Bertz CT molecular complexity index is 678. The minimum absolute atomic E-state index is 0.129. The van der Waals surface area contributed by atoms with Crippen molar-refractivity contribution in [2.75, 3.05) is 20.8 Å². The molecule has 0 unspecified atom stereocenters. The third-order valence-electron chi connectivity index (χ3n) is 6.74. The van der Waals surface area contributed by atoms with E-state index in [-0.39, 0.29) is 34.7 Å². The second kappa shape index (κ2) is 10.5. The fourth-order valence-electron chi connectivity index (χ4n) is 5.45. The van der Waals surface area contributed by atoms with Gasteiger partial charge in [-0.25, -0.2) is 0 Å². The molecule has 2 aliphatic heterocycles. The Morgan fingerprint density at radius 2 is 1.70 bits per heavy atom. The van der Waals surface area contributed by atoms with E-state index in [2.05, 4.69) is 48.1 Å². The topological polar surface area (TPSA) is 72.5 Å². The van der Waals surface area contributed by atoms with Gasteiger partial charge in [-0.2, -0.15) is 0 Å². The molecule has 0 aliphatic carbocycles. The van der Waals surface area contributed by atoms with Crippen LogP contribution in [0.25, 0.3) is 0 Å². The summed E-state index contributed by atoms with van der Waals surface area (Å²) in [5.74, 6) is -0.295. The molecule has 192 valence electrons. The predicted octanol–water partition coefficient (Wildman–Crippen LogP) is 5.27. The van der Waals surface area contributed by atoms with Crippen LogP contribution in [0, 0.1) is 0 Å². The van der Waals surface area contributed by atoms with Crippen molar-refractivity contribution in [2.24, 2.45) is 0 Å². The van der Waals surface area contributed by atoms with Gasteiger partial charge in [0.15, 0.2) is 6.29 Å². The molecule has 0 N–H and O–H groups in total. The number of ether oxygens (including phenoxy) is 4. The molecule has 0 spiro atoms. The first kappa shape index (κ1) is 28.5. The fraction of sp³-hybridized carbons (Fsp3) is 0.880.